The first-order chi connectivity index (χ1) is 22.4. The Balaban J connectivity index is 1.70. The molecule has 1 aliphatic rings. The normalized spacial score (nSPS) is 13.0. The summed E-state index contributed by atoms with van der Waals surface area (Å²) in [4.78, 5) is 0. The van der Waals surface area contributed by atoms with E-state index in [1.807, 2.05) is 0 Å². The molecule has 0 saturated carbocycles. The van der Waals surface area contributed by atoms with Crippen LogP contribution in [0.2, 0.25) is 0 Å². The minimum atomic E-state index is -4.15. The molecule has 1 aliphatic carbocycles. The summed E-state index contributed by atoms with van der Waals surface area (Å²) in [5.74, 6) is 0. The fraction of sp³-hybridized carbons (Fsp3) is 0.0909. The van der Waals surface area contributed by atoms with Gasteiger partial charge in [0.05, 0.1) is 0 Å². The van der Waals surface area contributed by atoms with Gasteiger partial charge in [0.1, 0.15) is 0 Å². The Morgan fingerprint density at radius 3 is 0.778 bits per heavy atom. The van der Waals surface area contributed by atoms with Crippen molar-refractivity contribution in [2.24, 2.45) is 0 Å². The zero-order valence-electron chi connectivity index (χ0n) is 25.5. The van der Waals surface area contributed by atoms with Gasteiger partial charge in [0.15, 0.2) is 0 Å². The van der Waals surface area contributed by atoms with E-state index < -0.39 is 20.3 Å². The third-order valence-electron chi connectivity index (χ3n) is 9.56. The van der Waals surface area contributed by atoms with Crippen molar-refractivity contribution in [3.63, 3.8) is 0 Å². The Morgan fingerprint density at radius 1 is 0.333 bits per heavy atom. The molecule has 0 atom stereocenters. The number of allylic oxidation sites excluding steroid dienone is 4. The molecule has 0 heterocycles. The van der Waals surface area contributed by atoms with Gasteiger partial charge in [0.2, 0.25) is 0 Å². The van der Waals surface area contributed by atoms with Crippen molar-refractivity contribution < 1.29 is 20.3 Å². The van der Waals surface area contributed by atoms with Crippen LogP contribution in [0.3, 0.4) is 0 Å². The molecule has 0 unspecified atom stereocenters. The van der Waals surface area contributed by atoms with Gasteiger partial charge in [-0.1, -0.05) is 0 Å². The van der Waals surface area contributed by atoms with E-state index in [2.05, 4.69) is 200 Å². The molecule has 6 aromatic rings. The molecule has 0 fully saturated rings. The molecule has 7 rings (SSSR count). The second-order valence-electron chi connectivity index (χ2n) is 12.0. The van der Waals surface area contributed by atoms with Crippen molar-refractivity contribution >= 4 is 0 Å². The summed E-state index contributed by atoms with van der Waals surface area (Å²) in [6.45, 7) is 0. The van der Waals surface area contributed by atoms with Gasteiger partial charge in [-0.15, -0.1) is 0 Å². The standard InChI is InChI=1S/3C13H11.C5H5.Zr/c3*1-3-7-12(8-4-1)11-13-9-5-2-6-10-13;1-2-4-5-3-1;/h3*1-11H;1-3H,4H2;. The van der Waals surface area contributed by atoms with Gasteiger partial charge in [-0.3, -0.25) is 0 Å². The molecule has 0 N–H and O–H groups in total. The Bertz CT molecular complexity index is 1530. The minimum absolute atomic E-state index is 0.240. The first kappa shape index (κ1) is 29.4. The molecule has 0 spiro atoms. The average molecular weight is 658 g/mol. The van der Waals surface area contributed by atoms with Crippen LogP contribution in [0.25, 0.3) is 0 Å². The van der Waals surface area contributed by atoms with Gasteiger partial charge in [0, 0.05) is 0 Å². The van der Waals surface area contributed by atoms with E-state index in [9.17, 15) is 0 Å². The van der Waals surface area contributed by atoms with E-state index >= 15 is 0 Å². The van der Waals surface area contributed by atoms with Crippen molar-refractivity contribution in [2.45, 2.75) is 17.3 Å². The Hall–Kier alpha value is -4.32. The quantitative estimate of drug-likeness (QED) is 0.138. The fourth-order valence-corrected chi connectivity index (χ4v) is 26.2. The molecule has 45 heavy (non-hydrogen) atoms. The molecular weight excluding hydrogens is 620 g/mol. The number of benzene rings is 6. The Morgan fingerprint density at radius 2 is 0.578 bits per heavy atom. The monoisotopic (exact) mass is 656 g/mol. The van der Waals surface area contributed by atoms with Gasteiger partial charge >= 0.3 is 274 Å². The summed E-state index contributed by atoms with van der Waals surface area (Å²) in [6, 6.07) is 68.6. The molecule has 6 aromatic carbocycles. The molecule has 0 radical (unpaired) electrons. The summed E-state index contributed by atoms with van der Waals surface area (Å²) in [7, 11) is 0. The van der Waals surface area contributed by atoms with Gasteiger partial charge in [-0.25, -0.2) is 0 Å². The van der Waals surface area contributed by atoms with E-state index in [1.165, 1.54) is 33.4 Å². The summed E-state index contributed by atoms with van der Waals surface area (Å²) >= 11 is -4.15. The second-order valence-corrected chi connectivity index (χ2v) is 22.4. The van der Waals surface area contributed by atoms with Crippen LogP contribution >= 0.6 is 0 Å². The molecule has 1 heteroatoms. The fourth-order valence-electron chi connectivity index (χ4n) is 7.93. The van der Waals surface area contributed by atoms with Gasteiger partial charge in [0.25, 0.3) is 0 Å². The van der Waals surface area contributed by atoms with Crippen molar-refractivity contribution in [1.82, 2.24) is 0 Å². The zero-order chi connectivity index (χ0) is 30.3. The number of rotatable bonds is 10. The molecule has 0 bridgehead atoms. The summed E-state index contributed by atoms with van der Waals surface area (Å²) in [6.07, 6.45) is 8.24. The SMILES string of the molecule is C1=CC[C]([Zr]([CH](c2ccccc2)c2ccccc2)([CH](c2ccccc2)c2ccccc2)[CH](c2ccccc2)c2ccccc2)=C1. The second kappa shape index (κ2) is 13.8. The van der Waals surface area contributed by atoms with Gasteiger partial charge in [-0.2, -0.15) is 0 Å². The van der Waals surface area contributed by atoms with Crippen molar-refractivity contribution in [2.75, 3.05) is 0 Å². The first-order valence-corrected chi connectivity index (χ1v) is 21.5. The summed E-state index contributed by atoms with van der Waals surface area (Å²) < 4.78 is 2.38. The maximum atomic E-state index is 2.52. The van der Waals surface area contributed by atoms with Gasteiger partial charge < -0.3 is 0 Å². The van der Waals surface area contributed by atoms with E-state index in [4.69, 9.17) is 0 Å². The maximum absolute atomic E-state index is 4.15. The molecule has 218 valence electrons. The summed E-state index contributed by atoms with van der Waals surface area (Å²) in [5.41, 5.74) is 8.51. The molecule has 0 aromatic heterocycles. The van der Waals surface area contributed by atoms with Crippen LogP contribution in [0.15, 0.2) is 204 Å². The van der Waals surface area contributed by atoms with Crippen molar-refractivity contribution in [1.29, 1.82) is 0 Å². The van der Waals surface area contributed by atoms with E-state index in [1.54, 1.807) is 3.28 Å². The van der Waals surface area contributed by atoms with Crippen LogP contribution in [-0.2, 0) is 20.3 Å². The Kier molecular flexibility index (Phi) is 8.99. The number of hydrogen-bond acceptors (Lipinski definition) is 0. The van der Waals surface area contributed by atoms with E-state index in [-0.39, 0.29) is 10.9 Å². The molecule has 0 amide bonds. The average Bonchev–Trinajstić information content (AvgIpc) is 3.67. The van der Waals surface area contributed by atoms with E-state index in [0.29, 0.717) is 0 Å². The predicted octanol–water partition coefficient (Wildman–Crippen LogP) is 11.4. The summed E-state index contributed by atoms with van der Waals surface area (Å²) in [5, 5.41) is 0. The van der Waals surface area contributed by atoms with Crippen LogP contribution in [0.5, 0.6) is 0 Å². The third-order valence-corrected chi connectivity index (χ3v) is 25.2. The van der Waals surface area contributed by atoms with Crippen molar-refractivity contribution in [3.05, 3.63) is 237 Å². The van der Waals surface area contributed by atoms with Crippen molar-refractivity contribution in [3.8, 4) is 0 Å². The van der Waals surface area contributed by atoms with E-state index in [0.717, 1.165) is 6.42 Å². The molecular formula is C44H38Zr. The van der Waals surface area contributed by atoms with Crippen LogP contribution < -0.4 is 0 Å². The van der Waals surface area contributed by atoms with Crippen LogP contribution in [-0.4, -0.2) is 0 Å². The zero-order valence-corrected chi connectivity index (χ0v) is 27.9. The Labute approximate surface area is 272 Å². The predicted molar refractivity (Wildman–Crippen MR) is 186 cm³/mol. The molecule has 0 nitrogen and oxygen atoms in total. The topological polar surface area (TPSA) is 0 Å². The first-order valence-electron chi connectivity index (χ1n) is 16.0. The molecule has 0 saturated heterocycles. The van der Waals surface area contributed by atoms with Crippen LogP contribution in [0.4, 0.5) is 0 Å². The number of hydrogen-bond donors (Lipinski definition) is 0. The van der Waals surface area contributed by atoms with Crippen LogP contribution in [0, 0.1) is 0 Å². The molecule has 0 aliphatic heterocycles. The van der Waals surface area contributed by atoms with Gasteiger partial charge in [-0.05, 0) is 0 Å². The third kappa shape index (κ3) is 5.79. The van der Waals surface area contributed by atoms with Crippen LogP contribution in [0.1, 0.15) is 50.7 Å².